The van der Waals surface area contributed by atoms with E-state index in [1.807, 2.05) is 0 Å². The van der Waals surface area contributed by atoms with E-state index in [4.69, 9.17) is 3.10 Å². The molecule has 84 valence electrons. The average molecular weight is 316 g/mol. The summed E-state index contributed by atoms with van der Waals surface area (Å²) in [6.07, 6.45) is 0. The quantitative estimate of drug-likeness (QED) is 0.682. The van der Waals surface area contributed by atoms with Crippen LogP contribution >= 0.6 is 0 Å². The van der Waals surface area contributed by atoms with Crippen molar-refractivity contribution in [1.29, 1.82) is 0 Å². The predicted molar refractivity (Wildman–Crippen MR) is 46.5 cm³/mol. The monoisotopic (exact) mass is 318 g/mol. The molecule has 0 saturated carbocycles. The van der Waals surface area contributed by atoms with Gasteiger partial charge in [-0.15, -0.1) is 0 Å². The van der Waals surface area contributed by atoms with Crippen molar-refractivity contribution in [3.05, 3.63) is 0 Å². The van der Waals surface area contributed by atoms with E-state index in [9.17, 15) is 2.89 Å². The molecule has 0 aliphatic heterocycles. The fraction of sp³-hybridized carbons (Fsp3) is 1.00. The zero-order chi connectivity index (χ0) is 10.7. The average Bonchev–Trinajstić information content (AvgIpc) is 2.20. The second kappa shape index (κ2) is 3.59. The van der Waals surface area contributed by atoms with Gasteiger partial charge in [-0.25, -0.2) is 0 Å². The van der Waals surface area contributed by atoms with Crippen LogP contribution in [0.4, 0.5) is 2.89 Å². The molecule has 0 aliphatic carbocycles. The van der Waals surface area contributed by atoms with Gasteiger partial charge in [0.15, 0.2) is 0 Å². The minimum atomic E-state index is -6.54. The Morgan fingerprint density at radius 3 is 1.31 bits per heavy atom. The molecule has 0 N–H and O–H groups in total. The zero-order valence-corrected chi connectivity index (χ0v) is 10.9. The van der Waals surface area contributed by atoms with Crippen LogP contribution < -0.4 is 0 Å². The third kappa shape index (κ3) is 1.97. The molecule has 0 saturated heterocycles. The maximum atomic E-state index is 14.6. The summed E-state index contributed by atoms with van der Waals surface area (Å²) in [4.78, 5) is 0. The molecule has 7 heteroatoms. The van der Waals surface area contributed by atoms with E-state index in [0.717, 1.165) is 28.4 Å². The van der Waals surface area contributed by atoms with Gasteiger partial charge in [0.05, 0.1) is 0 Å². The first-order valence-corrected chi connectivity index (χ1v) is 9.25. The second-order valence-electron chi connectivity index (χ2n) is 2.07. The SMILES string of the molecule is CCO[Te](F)(OC)(OC)(OC)OC. The molecular weight excluding hydrogens is 299 g/mol. The molecule has 0 amide bonds. The Morgan fingerprint density at radius 1 is 0.923 bits per heavy atom. The molecule has 5 nitrogen and oxygen atoms in total. The molecule has 0 heterocycles. The first kappa shape index (κ1) is 13.5. The molecule has 0 fully saturated rings. The Labute approximate surface area is 78.7 Å². The van der Waals surface area contributed by atoms with Crippen LogP contribution in [0.3, 0.4) is 0 Å². The fourth-order valence-electron chi connectivity index (χ4n) is 0.838. The molecule has 0 aromatic heterocycles. The summed E-state index contributed by atoms with van der Waals surface area (Å²) in [5.74, 6) is 0. The van der Waals surface area contributed by atoms with Crippen LogP contribution in [0.5, 0.6) is 0 Å². The van der Waals surface area contributed by atoms with Gasteiger partial charge in [0.1, 0.15) is 0 Å². The molecule has 0 radical (unpaired) electrons. The van der Waals surface area contributed by atoms with Gasteiger partial charge in [-0.1, -0.05) is 0 Å². The number of halogens is 1. The van der Waals surface area contributed by atoms with E-state index in [1.54, 1.807) is 6.92 Å². The zero-order valence-electron chi connectivity index (χ0n) is 8.53. The molecule has 0 spiro atoms. The standard InChI is InChI=1S/C6H17FO5Te/c1-6-12-13(7,8-2,9-3,10-4)11-5/h6H2,1-5H3. The van der Waals surface area contributed by atoms with Gasteiger partial charge in [-0.2, -0.15) is 0 Å². The van der Waals surface area contributed by atoms with Crippen molar-refractivity contribution >= 4 is 18.1 Å². The van der Waals surface area contributed by atoms with E-state index in [0.29, 0.717) is 0 Å². The van der Waals surface area contributed by atoms with Crippen LogP contribution in [0.25, 0.3) is 0 Å². The molecule has 0 rings (SSSR count). The van der Waals surface area contributed by atoms with Crippen molar-refractivity contribution in [2.24, 2.45) is 0 Å². The molecule has 0 unspecified atom stereocenters. The van der Waals surface area contributed by atoms with E-state index < -0.39 is 18.1 Å². The Morgan fingerprint density at radius 2 is 1.23 bits per heavy atom. The van der Waals surface area contributed by atoms with Gasteiger partial charge in [0.2, 0.25) is 0 Å². The van der Waals surface area contributed by atoms with Crippen molar-refractivity contribution in [3.63, 3.8) is 0 Å². The van der Waals surface area contributed by atoms with Crippen LogP contribution in [0.1, 0.15) is 6.92 Å². The second-order valence-corrected chi connectivity index (χ2v) is 12.2. The summed E-state index contributed by atoms with van der Waals surface area (Å²) in [5, 5.41) is 0. The summed E-state index contributed by atoms with van der Waals surface area (Å²) in [7, 11) is 4.32. The van der Waals surface area contributed by atoms with Crippen molar-refractivity contribution in [1.82, 2.24) is 0 Å². The fourth-order valence-corrected chi connectivity index (χ4v) is 5.62. The van der Waals surface area contributed by atoms with E-state index >= 15 is 0 Å². The van der Waals surface area contributed by atoms with Gasteiger partial charge >= 0.3 is 78.4 Å². The van der Waals surface area contributed by atoms with Crippen molar-refractivity contribution < 1.29 is 18.4 Å². The van der Waals surface area contributed by atoms with E-state index in [2.05, 4.69) is 12.4 Å². The van der Waals surface area contributed by atoms with Gasteiger partial charge in [0, 0.05) is 0 Å². The molecular formula is C6H17FO5Te. The molecule has 13 heavy (non-hydrogen) atoms. The Balaban J connectivity index is 5.27. The van der Waals surface area contributed by atoms with Crippen LogP contribution in [-0.2, 0) is 15.5 Å². The summed E-state index contributed by atoms with van der Waals surface area (Å²) in [6.45, 7) is 1.60. The third-order valence-electron chi connectivity index (χ3n) is 1.70. The molecule has 0 bridgehead atoms. The topological polar surface area (TPSA) is 46.2 Å². The Kier molecular flexibility index (Phi) is 3.73. The third-order valence-corrected chi connectivity index (χ3v) is 11.4. The van der Waals surface area contributed by atoms with E-state index in [-0.39, 0.29) is 6.61 Å². The van der Waals surface area contributed by atoms with Crippen LogP contribution in [0.15, 0.2) is 0 Å². The van der Waals surface area contributed by atoms with Gasteiger partial charge in [-0.05, 0) is 0 Å². The summed E-state index contributed by atoms with van der Waals surface area (Å²) in [6, 6.07) is 0. The maximum absolute atomic E-state index is 14.6. The molecule has 0 aliphatic rings. The van der Waals surface area contributed by atoms with Gasteiger partial charge in [-0.3, -0.25) is 0 Å². The minimum absolute atomic E-state index is 0.0191. The number of hydrogen-bond donors (Lipinski definition) is 0. The summed E-state index contributed by atoms with van der Waals surface area (Å²) >= 11 is -6.54. The van der Waals surface area contributed by atoms with Crippen molar-refractivity contribution in [2.75, 3.05) is 35.0 Å². The molecule has 0 aromatic rings. The Bertz CT molecular complexity index is 166. The van der Waals surface area contributed by atoms with Crippen LogP contribution in [0, 0.1) is 0 Å². The predicted octanol–water partition coefficient (Wildman–Crippen LogP) is 0.915. The summed E-state index contributed by atoms with van der Waals surface area (Å²) < 4.78 is 37.9. The first-order valence-electron chi connectivity index (χ1n) is 3.62. The summed E-state index contributed by atoms with van der Waals surface area (Å²) in [5.41, 5.74) is 0. The molecule has 0 atom stereocenters. The number of hydrogen-bond acceptors (Lipinski definition) is 5. The first-order chi connectivity index (χ1) is 5.89. The Hall–Kier alpha value is 0.520. The van der Waals surface area contributed by atoms with Gasteiger partial charge in [0.25, 0.3) is 0 Å². The van der Waals surface area contributed by atoms with Crippen LogP contribution in [0.2, 0.25) is 0 Å². The van der Waals surface area contributed by atoms with Crippen LogP contribution in [-0.4, -0.2) is 53.1 Å². The van der Waals surface area contributed by atoms with Crippen molar-refractivity contribution in [3.8, 4) is 0 Å². The molecule has 0 aromatic carbocycles. The normalized spacial score (nSPS) is 18.0. The van der Waals surface area contributed by atoms with Gasteiger partial charge < -0.3 is 0 Å². The van der Waals surface area contributed by atoms with Crippen molar-refractivity contribution in [2.45, 2.75) is 6.92 Å². The van der Waals surface area contributed by atoms with E-state index in [1.165, 1.54) is 0 Å². The number of rotatable bonds is 6.